The monoisotopic (exact) mass is 272 g/mol. The largest absolute Gasteiger partial charge is 0.519 e. The van der Waals surface area contributed by atoms with Crippen LogP contribution in [0.4, 0.5) is 0 Å². The van der Waals surface area contributed by atoms with Gasteiger partial charge < -0.3 is 4.43 Å². The van der Waals surface area contributed by atoms with E-state index >= 15 is 0 Å². The molecule has 0 rings (SSSR count). The third-order valence-electron chi connectivity index (χ3n) is 3.43. The van der Waals surface area contributed by atoms with Crippen LogP contribution < -0.4 is 0 Å². The number of carbonyl (C=O) groups is 1. The van der Waals surface area contributed by atoms with Gasteiger partial charge in [-0.1, -0.05) is 59.8 Å². The zero-order chi connectivity index (χ0) is 13.9. The van der Waals surface area contributed by atoms with Gasteiger partial charge in [0.2, 0.25) is 0 Å². The van der Waals surface area contributed by atoms with E-state index in [1.807, 2.05) is 0 Å². The second-order valence-corrected chi connectivity index (χ2v) is 9.43. The normalized spacial score (nSPS) is 11.6. The van der Waals surface area contributed by atoms with Gasteiger partial charge in [0.25, 0.3) is 14.3 Å². The van der Waals surface area contributed by atoms with Gasteiger partial charge in [-0.2, -0.15) is 0 Å². The summed E-state index contributed by atoms with van der Waals surface area (Å²) in [5.41, 5.74) is 0. The lowest BCUT2D eigenvalue weighted by Gasteiger charge is -2.30. The quantitative estimate of drug-likeness (QED) is 0.377. The average Bonchev–Trinajstić information content (AvgIpc) is 2.30. The van der Waals surface area contributed by atoms with E-state index in [-0.39, 0.29) is 5.97 Å². The molecule has 0 aromatic carbocycles. The van der Waals surface area contributed by atoms with Crippen LogP contribution in [-0.2, 0) is 9.22 Å². The summed E-state index contributed by atoms with van der Waals surface area (Å²) in [6.45, 7) is 8.78. The lowest BCUT2D eigenvalue weighted by Crippen LogP contribution is -2.40. The molecule has 0 spiro atoms. The Morgan fingerprint density at radius 1 is 0.833 bits per heavy atom. The molecule has 0 aliphatic heterocycles. The van der Waals surface area contributed by atoms with Gasteiger partial charge in [-0.15, -0.1) is 0 Å². The summed E-state index contributed by atoms with van der Waals surface area (Å²) in [5, 5.41) is 0. The predicted octanol–water partition coefficient (Wildman–Crippen LogP) is 5.29. The topological polar surface area (TPSA) is 26.3 Å². The smallest absolute Gasteiger partial charge is 0.292 e. The molecule has 0 amide bonds. The minimum atomic E-state index is -1.77. The first kappa shape index (κ1) is 17.7. The van der Waals surface area contributed by atoms with Gasteiger partial charge in [0.15, 0.2) is 0 Å². The van der Waals surface area contributed by atoms with Crippen molar-refractivity contribution in [2.24, 2.45) is 0 Å². The highest BCUT2D eigenvalue weighted by atomic mass is 28.4. The Bertz CT molecular complexity index is 200. The van der Waals surface area contributed by atoms with Crippen molar-refractivity contribution in [2.75, 3.05) is 0 Å². The van der Waals surface area contributed by atoms with Crippen LogP contribution in [0.25, 0.3) is 0 Å². The van der Waals surface area contributed by atoms with Crippen molar-refractivity contribution in [3.63, 3.8) is 0 Å². The molecule has 0 N–H and O–H groups in total. The highest BCUT2D eigenvalue weighted by molar-refractivity contribution is 6.75. The van der Waals surface area contributed by atoms with E-state index in [0.717, 1.165) is 56.7 Å². The fraction of sp³-hybridized carbons (Fsp3) is 0.933. The lowest BCUT2D eigenvalue weighted by molar-refractivity contribution is -0.135. The third kappa shape index (κ3) is 7.19. The Balaban J connectivity index is 4.39. The van der Waals surface area contributed by atoms with E-state index in [0.29, 0.717) is 6.42 Å². The molecule has 3 heteroatoms. The van der Waals surface area contributed by atoms with Crippen molar-refractivity contribution in [3.8, 4) is 0 Å². The molecule has 0 saturated carbocycles. The average molecular weight is 273 g/mol. The van der Waals surface area contributed by atoms with E-state index < -0.39 is 8.32 Å². The number of hydrogen-bond donors (Lipinski definition) is 0. The molecule has 0 aliphatic carbocycles. The lowest BCUT2D eigenvalue weighted by atomic mass is 10.2. The molecule has 2 nitrogen and oxygen atoms in total. The summed E-state index contributed by atoms with van der Waals surface area (Å²) in [4.78, 5) is 12.0. The Kier molecular flexibility index (Phi) is 10.4. The SMILES string of the molecule is CCCCCC(=O)O[Si](CCC)(CCC)CCC. The van der Waals surface area contributed by atoms with Crippen LogP contribution in [0.2, 0.25) is 18.1 Å². The van der Waals surface area contributed by atoms with Gasteiger partial charge in [0.05, 0.1) is 0 Å². The molecule has 18 heavy (non-hydrogen) atoms. The maximum atomic E-state index is 12.0. The zero-order valence-electron chi connectivity index (χ0n) is 12.9. The van der Waals surface area contributed by atoms with Crippen molar-refractivity contribution in [2.45, 2.75) is 90.8 Å². The van der Waals surface area contributed by atoms with Crippen molar-refractivity contribution in [3.05, 3.63) is 0 Å². The molecule has 0 saturated heterocycles. The van der Waals surface area contributed by atoms with E-state index in [2.05, 4.69) is 27.7 Å². The molecule has 0 aromatic heterocycles. The van der Waals surface area contributed by atoms with E-state index in [9.17, 15) is 4.79 Å². The number of unbranched alkanes of at least 4 members (excludes halogenated alkanes) is 2. The van der Waals surface area contributed by atoms with E-state index in [1.165, 1.54) is 0 Å². The van der Waals surface area contributed by atoms with Gasteiger partial charge in [0.1, 0.15) is 0 Å². The van der Waals surface area contributed by atoms with Crippen LogP contribution in [0.5, 0.6) is 0 Å². The molecule has 0 bridgehead atoms. The third-order valence-corrected chi connectivity index (χ3v) is 8.33. The van der Waals surface area contributed by atoms with Crippen LogP contribution in [0.1, 0.15) is 72.6 Å². The second kappa shape index (κ2) is 10.6. The number of rotatable bonds is 11. The van der Waals surface area contributed by atoms with Crippen molar-refractivity contribution < 1.29 is 9.22 Å². The fourth-order valence-electron chi connectivity index (χ4n) is 2.71. The van der Waals surface area contributed by atoms with Gasteiger partial charge >= 0.3 is 0 Å². The van der Waals surface area contributed by atoms with Gasteiger partial charge in [0, 0.05) is 6.42 Å². The fourth-order valence-corrected chi connectivity index (χ4v) is 7.08. The molecule has 0 radical (unpaired) electrons. The first-order valence-corrected chi connectivity index (χ1v) is 10.4. The Morgan fingerprint density at radius 2 is 1.33 bits per heavy atom. The summed E-state index contributed by atoms with van der Waals surface area (Å²) in [6, 6.07) is 3.44. The minimum absolute atomic E-state index is 0.0745. The molecular weight excluding hydrogens is 240 g/mol. The summed E-state index contributed by atoms with van der Waals surface area (Å²) in [5.74, 6) is 0.0745. The standard InChI is InChI=1S/C15H32O2Si/c1-5-9-10-11-15(16)17-18(12-6-2,13-7-3)14-8-4/h5-14H2,1-4H3. The Morgan fingerprint density at radius 3 is 1.72 bits per heavy atom. The summed E-state index contributed by atoms with van der Waals surface area (Å²) in [7, 11) is -1.77. The molecule has 0 heterocycles. The van der Waals surface area contributed by atoms with Crippen LogP contribution in [0.15, 0.2) is 0 Å². The van der Waals surface area contributed by atoms with E-state index in [1.54, 1.807) is 0 Å². The maximum Gasteiger partial charge on any atom is 0.292 e. The highest BCUT2D eigenvalue weighted by Crippen LogP contribution is 2.28. The predicted molar refractivity (Wildman–Crippen MR) is 81.3 cm³/mol. The molecule has 0 fully saturated rings. The van der Waals surface area contributed by atoms with Crippen LogP contribution in [-0.4, -0.2) is 14.3 Å². The number of carbonyl (C=O) groups excluding carboxylic acids is 1. The molecule has 0 aliphatic rings. The van der Waals surface area contributed by atoms with Gasteiger partial charge in [-0.25, -0.2) is 0 Å². The van der Waals surface area contributed by atoms with Crippen molar-refractivity contribution >= 4 is 14.3 Å². The summed E-state index contributed by atoms with van der Waals surface area (Å²) in [6.07, 6.45) is 7.36. The highest BCUT2D eigenvalue weighted by Gasteiger charge is 2.35. The first-order chi connectivity index (χ1) is 8.64. The molecular formula is C15H32O2Si. The van der Waals surface area contributed by atoms with Gasteiger partial charge in [-0.05, 0) is 24.6 Å². The first-order valence-electron chi connectivity index (χ1n) is 7.86. The summed E-state index contributed by atoms with van der Waals surface area (Å²) < 4.78 is 6.01. The number of hydrogen-bond acceptors (Lipinski definition) is 2. The van der Waals surface area contributed by atoms with Crippen molar-refractivity contribution in [1.82, 2.24) is 0 Å². The van der Waals surface area contributed by atoms with Crippen LogP contribution >= 0.6 is 0 Å². The zero-order valence-corrected chi connectivity index (χ0v) is 13.9. The maximum absolute atomic E-state index is 12.0. The summed E-state index contributed by atoms with van der Waals surface area (Å²) >= 11 is 0. The van der Waals surface area contributed by atoms with Crippen LogP contribution in [0, 0.1) is 0 Å². The Hall–Kier alpha value is -0.313. The van der Waals surface area contributed by atoms with Gasteiger partial charge in [-0.3, -0.25) is 4.79 Å². The van der Waals surface area contributed by atoms with E-state index in [4.69, 9.17) is 4.43 Å². The molecule has 0 unspecified atom stereocenters. The molecule has 0 aromatic rings. The molecule has 0 atom stereocenters. The second-order valence-electron chi connectivity index (χ2n) is 5.36. The van der Waals surface area contributed by atoms with Crippen LogP contribution in [0.3, 0.4) is 0 Å². The minimum Gasteiger partial charge on any atom is -0.519 e. The Labute approximate surface area is 115 Å². The van der Waals surface area contributed by atoms with Crippen molar-refractivity contribution in [1.29, 1.82) is 0 Å². The molecule has 108 valence electrons.